The second-order valence-corrected chi connectivity index (χ2v) is 6.68. The molecule has 2 heterocycles. The second kappa shape index (κ2) is 8.42. The second-order valence-electron chi connectivity index (χ2n) is 6.68. The normalized spacial score (nSPS) is 11.5. The third-order valence-corrected chi connectivity index (χ3v) is 4.40. The first kappa shape index (κ1) is 20.3. The Morgan fingerprint density at radius 3 is 2.48 bits per heavy atom. The lowest BCUT2D eigenvalue weighted by atomic mass is 10.2. The highest BCUT2D eigenvalue weighted by Gasteiger charge is 2.38. The molecule has 1 amide bonds. The average molecular weight is 427 g/mol. The van der Waals surface area contributed by atoms with Crippen molar-refractivity contribution in [2.45, 2.75) is 19.1 Å². The molecule has 158 valence electrons. The van der Waals surface area contributed by atoms with Crippen molar-refractivity contribution < 1.29 is 22.5 Å². The first-order valence-corrected chi connectivity index (χ1v) is 9.24. The van der Waals surface area contributed by atoms with Gasteiger partial charge in [0, 0.05) is 24.0 Å². The molecule has 0 spiro atoms. The highest BCUT2D eigenvalue weighted by atomic mass is 19.4. The van der Waals surface area contributed by atoms with Crippen LogP contribution >= 0.6 is 0 Å². The largest absolute Gasteiger partial charge is 0.471 e. The Hall–Kier alpha value is -3.95. The predicted octanol–water partition coefficient (Wildman–Crippen LogP) is 3.80. The summed E-state index contributed by atoms with van der Waals surface area (Å²) in [6.45, 7) is 0.438. The fourth-order valence-corrected chi connectivity index (χ4v) is 2.86. The van der Waals surface area contributed by atoms with Crippen molar-refractivity contribution in [3.63, 3.8) is 0 Å². The van der Waals surface area contributed by atoms with Gasteiger partial charge in [-0.1, -0.05) is 35.5 Å². The first-order valence-electron chi connectivity index (χ1n) is 9.24. The van der Waals surface area contributed by atoms with Gasteiger partial charge in [-0.3, -0.25) is 4.79 Å². The first-order chi connectivity index (χ1) is 14.9. The standard InChI is InChI=1S/C21H16F3N5O2/c22-21(23,24)20-27-19(28-31-20)15-6-8-17(9-7-15)29-12-16(26-13-29)10-18(30)25-11-14-4-2-1-3-5-14/h1-9,12-13H,10-11H2,(H,25,30). The van der Waals surface area contributed by atoms with Crippen molar-refractivity contribution in [3.05, 3.63) is 84.3 Å². The van der Waals surface area contributed by atoms with E-state index in [9.17, 15) is 18.0 Å². The summed E-state index contributed by atoms with van der Waals surface area (Å²) in [5.74, 6) is -1.70. The van der Waals surface area contributed by atoms with E-state index in [2.05, 4.69) is 25.0 Å². The van der Waals surface area contributed by atoms with Crippen LogP contribution in [0.15, 0.2) is 71.6 Å². The summed E-state index contributed by atoms with van der Waals surface area (Å²) in [6, 6.07) is 16.1. The number of imidazole rings is 1. The van der Waals surface area contributed by atoms with Crippen molar-refractivity contribution in [2.24, 2.45) is 0 Å². The van der Waals surface area contributed by atoms with Crippen LogP contribution in [0.1, 0.15) is 17.1 Å². The van der Waals surface area contributed by atoms with Crippen LogP contribution < -0.4 is 5.32 Å². The Morgan fingerprint density at radius 1 is 1.06 bits per heavy atom. The van der Waals surface area contributed by atoms with E-state index in [1.807, 2.05) is 30.3 Å². The maximum absolute atomic E-state index is 12.6. The molecule has 0 bridgehead atoms. The van der Waals surface area contributed by atoms with Crippen molar-refractivity contribution in [3.8, 4) is 17.1 Å². The van der Waals surface area contributed by atoms with Gasteiger partial charge in [-0.2, -0.15) is 18.2 Å². The zero-order chi connectivity index (χ0) is 21.8. The zero-order valence-electron chi connectivity index (χ0n) is 16.0. The Balaban J connectivity index is 1.38. The van der Waals surface area contributed by atoms with Gasteiger partial charge in [0.1, 0.15) is 0 Å². The maximum atomic E-state index is 12.6. The van der Waals surface area contributed by atoms with Crippen molar-refractivity contribution in [1.29, 1.82) is 0 Å². The van der Waals surface area contributed by atoms with Gasteiger partial charge in [-0.15, -0.1) is 0 Å². The summed E-state index contributed by atoms with van der Waals surface area (Å²) >= 11 is 0. The van der Waals surface area contributed by atoms with Crippen molar-refractivity contribution in [1.82, 2.24) is 25.0 Å². The van der Waals surface area contributed by atoms with Gasteiger partial charge in [-0.25, -0.2) is 4.98 Å². The molecule has 1 N–H and O–H groups in total. The lowest BCUT2D eigenvalue weighted by Gasteiger charge is -2.04. The van der Waals surface area contributed by atoms with Crippen LogP contribution in [-0.4, -0.2) is 25.6 Å². The molecule has 0 fully saturated rings. The number of nitrogens with one attached hydrogen (secondary N) is 1. The monoisotopic (exact) mass is 427 g/mol. The zero-order valence-corrected chi connectivity index (χ0v) is 16.0. The van der Waals surface area contributed by atoms with Crippen LogP contribution in [0.2, 0.25) is 0 Å². The van der Waals surface area contributed by atoms with Gasteiger partial charge in [0.15, 0.2) is 0 Å². The van der Waals surface area contributed by atoms with Gasteiger partial charge in [0.05, 0.1) is 18.4 Å². The van der Waals surface area contributed by atoms with E-state index in [-0.39, 0.29) is 18.2 Å². The molecule has 10 heteroatoms. The molecule has 0 saturated heterocycles. The molecule has 0 aliphatic rings. The lowest BCUT2D eigenvalue weighted by molar-refractivity contribution is -0.159. The van der Waals surface area contributed by atoms with Crippen molar-refractivity contribution >= 4 is 5.91 Å². The van der Waals surface area contributed by atoms with E-state index in [0.29, 0.717) is 23.5 Å². The van der Waals surface area contributed by atoms with Gasteiger partial charge < -0.3 is 14.4 Å². The third kappa shape index (κ3) is 4.97. The number of alkyl halides is 3. The van der Waals surface area contributed by atoms with Gasteiger partial charge >= 0.3 is 12.1 Å². The number of rotatable bonds is 6. The number of hydrogen-bond acceptors (Lipinski definition) is 5. The molecule has 0 saturated carbocycles. The van der Waals surface area contributed by atoms with Crippen LogP contribution in [0.3, 0.4) is 0 Å². The van der Waals surface area contributed by atoms with E-state index in [0.717, 1.165) is 5.56 Å². The molecule has 0 radical (unpaired) electrons. The van der Waals surface area contributed by atoms with E-state index < -0.39 is 12.1 Å². The number of carbonyl (C=O) groups is 1. The Morgan fingerprint density at radius 2 is 1.81 bits per heavy atom. The van der Waals surface area contributed by atoms with Crippen LogP contribution in [0.4, 0.5) is 13.2 Å². The number of benzene rings is 2. The summed E-state index contributed by atoms with van der Waals surface area (Å²) < 4.78 is 43.7. The molecule has 2 aromatic heterocycles. The van der Waals surface area contributed by atoms with E-state index in [1.165, 1.54) is 0 Å². The Bertz CT molecular complexity index is 1170. The number of hydrogen-bond donors (Lipinski definition) is 1. The fourth-order valence-electron chi connectivity index (χ4n) is 2.86. The number of nitrogens with zero attached hydrogens (tertiary/aromatic N) is 4. The van der Waals surface area contributed by atoms with Crippen LogP contribution in [0.25, 0.3) is 17.1 Å². The minimum atomic E-state index is -4.69. The molecule has 0 unspecified atom stereocenters. The molecule has 7 nitrogen and oxygen atoms in total. The highest BCUT2D eigenvalue weighted by Crippen LogP contribution is 2.29. The summed E-state index contributed by atoms with van der Waals surface area (Å²) in [7, 11) is 0. The molecular formula is C21H16F3N5O2. The van der Waals surface area contributed by atoms with E-state index in [4.69, 9.17) is 0 Å². The molecule has 0 atom stereocenters. The topological polar surface area (TPSA) is 85.8 Å². The predicted molar refractivity (Wildman–Crippen MR) is 104 cm³/mol. The summed E-state index contributed by atoms with van der Waals surface area (Å²) in [5, 5.41) is 6.21. The average Bonchev–Trinajstić information content (AvgIpc) is 3.43. The molecule has 0 aliphatic heterocycles. The summed E-state index contributed by atoms with van der Waals surface area (Å²) in [6.07, 6.45) is -1.29. The molecular weight excluding hydrogens is 411 g/mol. The Kier molecular flexibility index (Phi) is 5.52. The quantitative estimate of drug-likeness (QED) is 0.506. The number of carbonyl (C=O) groups excluding carboxylic acids is 1. The molecule has 4 aromatic rings. The highest BCUT2D eigenvalue weighted by molar-refractivity contribution is 5.78. The van der Waals surface area contributed by atoms with Crippen molar-refractivity contribution in [2.75, 3.05) is 0 Å². The smallest absolute Gasteiger partial charge is 0.352 e. The SMILES string of the molecule is O=C(Cc1cn(-c2ccc(-c3noc(C(F)(F)F)n3)cc2)cn1)NCc1ccccc1. The maximum Gasteiger partial charge on any atom is 0.471 e. The molecule has 0 aliphatic carbocycles. The lowest BCUT2D eigenvalue weighted by Crippen LogP contribution is -2.24. The van der Waals surface area contributed by atoms with Gasteiger partial charge in [0.2, 0.25) is 11.7 Å². The van der Waals surface area contributed by atoms with Gasteiger partial charge in [0.25, 0.3) is 0 Å². The number of amides is 1. The molecule has 4 rings (SSSR count). The Labute approximate surface area is 174 Å². The fraction of sp³-hybridized carbons (Fsp3) is 0.143. The van der Waals surface area contributed by atoms with E-state index >= 15 is 0 Å². The molecule has 2 aromatic carbocycles. The third-order valence-electron chi connectivity index (χ3n) is 4.40. The number of aromatic nitrogens is 4. The minimum absolute atomic E-state index is 0.126. The minimum Gasteiger partial charge on any atom is -0.352 e. The van der Waals surface area contributed by atoms with Crippen LogP contribution in [0, 0.1) is 0 Å². The van der Waals surface area contributed by atoms with Crippen LogP contribution in [0.5, 0.6) is 0 Å². The summed E-state index contributed by atoms with van der Waals surface area (Å²) in [4.78, 5) is 19.7. The summed E-state index contributed by atoms with van der Waals surface area (Å²) in [5.41, 5.74) is 2.68. The van der Waals surface area contributed by atoms with E-state index in [1.54, 1.807) is 41.4 Å². The van der Waals surface area contributed by atoms with Crippen LogP contribution in [-0.2, 0) is 23.9 Å². The number of halogens is 3. The van der Waals surface area contributed by atoms with Gasteiger partial charge in [-0.05, 0) is 29.8 Å². The molecule has 31 heavy (non-hydrogen) atoms.